The minimum absolute atomic E-state index is 0.0359. The molecule has 3 aliphatic carbocycles. The number of alkyl carbamates (subject to hydrolysis) is 1. The number of halogens is 1. The van der Waals surface area contributed by atoms with Crippen LogP contribution in [0.25, 0.3) is 0 Å². The van der Waals surface area contributed by atoms with Crippen LogP contribution in [0.15, 0.2) is 96.1 Å². The molecule has 3 aromatic carbocycles. The van der Waals surface area contributed by atoms with Gasteiger partial charge in [-0.25, -0.2) is 18.8 Å². The zero-order chi connectivity index (χ0) is 52.3. The zero-order valence-electron chi connectivity index (χ0n) is 41.1. The second-order valence-electron chi connectivity index (χ2n) is 19.2. The minimum Gasteiger partial charge on any atom is -0.461 e. The van der Waals surface area contributed by atoms with Crippen molar-refractivity contribution in [2.45, 2.75) is 122 Å². The number of carbonyl (C=O) groups excluding carboxylic acids is 7. The van der Waals surface area contributed by atoms with E-state index in [-0.39, 0.29) is 48.5 Å². The minimum atomic E-state index is -2.51. The van der Waals surface area contributed by atoms with Crippen molar-refractivity contribution in [1.29, 1.82) is 0 Å². The predicted molar refractivity (Wildman–Crippen MR) is 258 cm³/mol. The van der Waals surface area contributed by atoms with Crippen LogP contribution in [0.4, 0.5) is 9.18 Å². The zero-order valence-corrected chi connectivity index (χ0v) is 42.0. The van der Waals surface area contributed by atoms with Crippen molar-refractivity contribution in [3.05, 3.63) is 119 Å². The Morgan fingerprint density at radius 2 is 1.54 bits per heavy atom. The third-order valence-electron chi connectivity index (χ3n) is 14.7. The number of benzene rings is 3. The number of thiol groups is 1. The van der Waals surface area contributed by atoms with Crippen LogP contribution in [-0.2, 0) is 52.3 Å². The first-order chi connectivity index (χ1) is 34.2. The van der Waals surface area contributed by atoms with E-state index in [0.717, 1.165) is 31.2 Å². The number of amides is 2. The number of fused-ring (bicyclic) bond motifs is 5. The molecule has 0 radical (unpaired) electrons. The monoisotopic (exact) mass is 1020 g/mol. The first-order valence-corrected chi connectivity index (χ1v) is 24.5. The van der Waals surface area contributed by atoms with Crippen molar-refractivity contribution in [1.82, 2.24) is 10.6 Å². The van der Waals surface area contributed by atoms with E-state index in [1.165, 1.54) is 6.92 Å². The number of hydrogen-bond donors (Lipinski definition) is 4. The molecule has 386 valence electrons. The molecule has 1 saturated heterocycles. The molecule has 19 heteroatoms. The Balaban J connectivity index is 1.46. The topological polar surface area (TPSA) is 228 Å². The summed E-state index contributed by atoms with van der Waals surface area (Å²) in [5.74, 6) is -7.45. The molecule has 3 fully saturated rings. The molecule has 1 unspecified atom stereocenters. The quantitative estimate of drug-likeness (QED) is 0.0561. The van der Waals surface area contributed by atoms with Gasteiger partial charge >= 0.3 is 30.0 Å². The summed E-state index contributed by atoms with van der Waals surface area (Å²) in [6.07, 6.45) is -11.6. The Labute approximate surface area is 422 Å². The maximum atomic E-state index is 16.3. The smallest absolute Gasteiger partial charge is 0.408 e. The van der Waals surface area contributed by atoms with Crippen LogP contribution in [0, 0.1) is 22.6 Å². The average molecular weight is 1020 g/mol. The molecule has 2 saturated carbocycles. The number of Topliss-reactive ketones (excluding diaryl/α,β-unsaturated/α-hetero) is 1. The lowest BCUT2D eigenvalue weighted by molar-refractivity contribution is -0.346. The van der Waals surface area contributed by atoms with Crippen molar-refractivity contribution >= 4 is 54.3 Å². The molecule has 4 aliphatic rings. The summed E-state index contributed by atoms with van der Waals surface area (Å²) in [4.78, 5) is 100. The van der Waals surface area contributed by atoms with Crippen LogP contribution in [0.2, 0.25) is 0 Å². The third kappa shape index (κ3) is 9.87. The number of hydrogen-bond acceptors (Lipinski definition) is 16. The fourth-order valence-corrected chi connectivity index (χ4v) is 11.3. The molecule has 17 nitrogen and oxygen atoms in total. The first-order valence-electron chi connectivity index (χ1n) is 23.9. The van der Waals surface area contributed by atoms with Gasteiger partial charge in [-0.3, -0.25) is 19.2 Å². The molecule has 1 aliphatic heterocycles. The van der Waals surface area contributed by atoms with Crippen molar-refractivity contribution in [3.8, 4) is 0 Å². The number of carbonyl (C=O) groups is 7. The number of ketones is 1. The summed E-state index contributed by atoms with van der Waals surface area (Å²) in [6, 6.07) is 20.1. The predicted octanol–water partition coefficient (Wildman–Crippen LogP) is 5.97. The van der Waals surface area contributed by atoms with Gasteiger partial charge in [-0.2, -0.15) is 12.6 Å². The first kappa shape index (κ1) is 53.6. The second kappa shape index (κ2) is 21.5. The Morgan fingerprint density at radius 3 is 2.12 bits per heavy atom. The Hall–Kier alpha value is -6.15. The maximum absolute atomic E-state index is 16.3. The molecule has 2 amide bonds. The van der Waals surface area contributed by atoms with Gasteiger partial charge in [0.25, 0.3) is 5.91 Å². The summed E-state index contributed by atoms with van der Waals surface area (Å²) in [7, 11) is 0. The van der Waals surface area contributed by atoms with E-state index < -0.39 is 131 Å². The molecular weight excluding hydrogens is 956 g/mol. The molecule has 0 spiro atoms. The van der Waals surface area contributed by atoms with Crippen molar-refractivity contribution < 1.29 is 76.2 Å². The van der Waals surface area contributed by atoms with Crippen LogP contribution < -0.4 is 10.6 Å². The number of rotatable bonds is 16. The maximum Gasteiger partial charge on any atom is 0.408 e. The molecule has 1 heterocycles. The van der Waals surface area contributed by atoms with Gasteiger partial charge in [0.1, 0.15) is 35.8 Å². The fraction of sp³-hybridized carbons (Fsp3) is 0.491. The van der Waals surface area contributed by atoms with Gasteiger partial charge in [-0.05, 0) is 80.8 Å². The van der Waals surface area contributed by atoms with Gasteiger partial charge in [0.15, 0.2) is 23.6 Å². The average Bonchev–Trinajstić information content (AvgIpc) is 3.33. The van der Waals surface area contributed by atoms with Crippen LogP contribution in [0.1, 0.15) is 100 Å². The molecule has 7 rings (SSSR count). The van der Waals surface area contributed by atoms with E-state index in [1.54, 1.807) is 95.3 Å². The van der Waals surface area contributed by atoms with Gasteiger partial charge in [0, 0.05) is 49.6 Å². The lowest BCUT2D eigenvalue weighted by Gasteiger charge is -2.67. The number of nitrogens with one attached hydrogen (secondary N) is 2. The van der Waals surface area contributed by atoms with Gasteiger partial charge in [-0.15, -0.1) is 0 Å². The van der Waals surface area contributed by atoms with Crippen molar-refractivity contribution in [2.24, 2.45) is 16.7 Å². The molecule has 2 bridgehead atoms. The molecular formula is C53H61FN2O15S. The highest BCUT2D eigenvalue weighted by molar-refractivity contribution is 7.80. The standard InChI is InChI=1S/C53H61FN2O15S/c1-8-55-49(63)69-41-39-29(3)35(67-48(62)42(65-9-2)40(31-16-12-10-13-17-31)56-46(60)32-18-14-11-15-19-32)27-53(64,50(39,5)6)45(70-47(61)33-20-22-34(54)23-21-33)43-51(7,44(41)59)36(68-38(58)24-25-72)26-37-52(43,28-66-37)71-30(4)57/h10-23,35-37,40-43,45,64,72H,8-9,24-28H2,1-7H3,(H,55,63)(H,56,60)/t35-,36-,37+,40-,41+,42+,43?,45-,51+,52-,53+/m0/s1. The second-order valence-corrected chi connectivity index (χ2v) is 19.6. The summed E-state index contributed by atoms with van der Waals surface area (Å²) in [5, 5.41) is 19.6. The highest BCUT2D eigenvalue weighted by atomic mass is 32.1. The van der Waals surface area contributed by atoms with E-state index in [2.05, 4.69) is 23.3 Å². The summed E-state index contributed by atoms with van der Waals surface area (Å²) >= 11 is 4.20. The number of ether oxygens (including phenoxy) is 7. The Morgan fingerprint density at radius 1 is 0.889 bits per heavy atom. The molecule has 3 N–H and O–H groups in total. The molecule has 72 heavy (non-hydrogen) atoms. The molecule has 0 aromatic heterocycles. The van der Waals surface area contributed by atoms with Crippen LogP contribution >= 0.6 is 12.6 Å². The number of esters is 4. The normalized spacial score (nSPS) is 28.9. The van der Waals surface area contributed by atoms with Crippen molar-refractivity contribution in [3.63, 3.8) is 0 Å². The van der Waals surface area contributed by atoms with Gasteiger partial charge < -0.3 is 48.9 Å². The van der Waals surface area contributed by atoms with Crippen LogP contribution in [0.3, 0.4) is 0 Å². The lowest BCUT2D eigenvalue weighted by atomic mass is 9.44. The largest absolute Gasteiger partial charge is 0.461 e. The van der Waals surface area contributed by atoms with Gasteiger partial charge in [0.05, 0.1) is 36.0 Å². The van der Waals surface area contributed by atoms with E-state index in [1.807, 2.05) is 0 Å². The van der Waals surface area contributed by atoms with E-state index in [9.17, 15) is 33.5 Å². The number of aliphatic hydroxyl groups is 1. The SMILES string of the molecule is CCNC(=O)O[C@H]1C(=O)[C@@]2(C)C([C@H](OC(=O)c3ccc(F)cc3)[C@]3(O)C[C@H](OC(=O)[C@H](OCC)[C@@H](NC(=O)c4ccccc4)c4ccccc4)C(C)=C1C3(C)C)[C@]1(OC(C)=O)CO[C@@H]1C[C@@H]2OC(=O)CCS. The highest BCUT2D eigenvalue weighted by Crippen LogP contribution is 2.65. The Bertz CT molecular complexity index is 2580. The van der Waals surface area contributed by atoms with E-state index in [4.69, 9.17) is 33.2 Å². The Kier molecular flexibility index (Phi) is 16.0. The lowest BCUT2D eigenvalue weighted by Crippen LogP contribution is -2.82. The molecule has 3 aromatic rings. The van der Waals surface area contributed by atoms with Crippen LogP contribution in [0.5, 0.6) is 0 Å². The van der Waals surface area contributed by atoms with E-state index in [0.29, 0.717) is 11.1 Å². The van der Waals surface area contributed by atoms with Gasteiger partial charge in [0.2, 0.25) is 0 Å². The third-order valence-corrected chi connectivity index (χ3v) is 14.9. The molecule has 11 atom stereocenters. The summed E-state index contributed by atoms with van der Waals surface area (Å²) in [5.41, 5.74) is -7.64. The fourth-order valence-electron chi connectivity index (χ4n) is 11.1. The highest BCUT2D eigenvalue weighted by Gasteiger charge is 2.79. The summed E-state index contributed by atoms with van der Waals surface area (Å²) in [6.45, 7) is 10.1. The summed E-state index contributed by atoms with van der Waals surface area (Å²) < 4.78 is 57.9. The van der Waals surface area contributed by atoms with E-state index >= 15 is 9.59 Å². The van der Waals surface area contributed by atoms with Gasteiger partial charge in [-0.1, -0.05) is 62.4 Å². The van der Waals surface area contributed by atoms with Crippen LogP contribution in [-0.4, -0.2) is 120 Å². The van der Waals surface area contributed by atoms with Crippen molar-refractivity contribution in [2.75, 3.05) is 25.5 Å².